The SMILES string of the molecule is Cc1cccc(OC(c2ccc(C(F)(F)F)cc2)C2CCN(C(C)CCN)CC2)n1. The highest BCUT2D eigenvalue weighted by molar-refractivity contribution is 5.28. The molecule has 0 bridgehead atoms. The molecule has 1 aromatic heterocycles. The van der Waals surface area contributed by atoms with Crippen molar-refractivity contribution in [3.8, 4) is 5.88 Å². The maximum absolute atomic E-state index is 13.0. The van der Waals surface area contributed by atoms with Gasteiger partial charge in [-0.1, -0.05) is 18.2 Å². The Morgan fingerprint density at radius 3 is 2.37 bits per heavy atom. The van der Waals surface area contributed by atoms with Crippen molar-refractivity contribution in [2.45, 2.75) is 51.4 Å². The number of halogens is 3. The van der Waals surface area contributed by atoms with Crippen LogP contribution in [0.1, 0.15) is 49.1 Å². The molecule has 3 rings (SSSR count). The van der Waals surface area contributed by atoms with Crippen molar-refractivity contribution in [1.82, 2.24) is 9.88 Å². The summed E-state index contributed by atoms with van der Waals surface area (Å²) in [5, 5.41) is 0. The lowest BCUT2D eigenvalue weighted by Crippen LogP contribution is -2.42. The maximum atomic E-state index is 13.0. The number of aryl methyl sites for hydroxylation is 1. The Kier molecular flexibility index (Phi) is 7.36. The lowest BCUT2D eigenvalue weighted by molar-refractivity contribution is -0.137. The molecular weight excluding hydrogens is 391 g/mol. The summed E-state index contributed by atoms with van der Waals surface area (Å²) in [6.45, 7) is 6.59. The van der Waals surface area contributed by atoms with E-state index in [1.165, 1.54) is 12.1 Å². The summed E-state index contributed by atoms with van der Waals surface area (Å²) < 4.78 is 45.2. The Balaban J connectivity index is 1.80. The van der Waals surface area contributed by atoms with E-state index in [1.54, 1.807) is 6.07 Å². The summed E-state index contributed by atoms with van der Waals surface area (Å²) in [7, 11) is 0. The highest BCUT2D eigenvalue weighted by Crippen LogP contribution is 2.37. The van der Waals surface area contributed by atoms with E-state index in [0.29, 0.717) is 18.5 Å². The number of rotatable bonds is 7. The second-order valence-corrected chi connectivity index (χ2v) is 8.08. The van der Waals surface area contributed by atoms with Gasteiger partial charge in [-0.2, -0.15) is 13.2 Å². The number of likely N-dealkylation sites (tertiary alicyclic amines) is 1. The lowest BCUT2D eigenvalue weighted by Gasteiger charge is -2.39. The van der Waals surface area contributed by atoms with Crippen molar-refractivity contribution in [3.63, 3.8) is 0 Å². The quantitative estimate of drug-likeness (QED) is 0.685. The molecule has 1 aromatic carbocycles. The molecular formula is C23H30F3N3O. The number of hydrogen-bond acceptors (Lipinski definition) is 4. The van der Waals surface area contributed by atoms with Crippen LogP contribution in [0, 0.1) is 12.8 Å². The van der Waals surface area contributed by atoms with Gasteiger partial charge in [-0.25, -0.2) is 4.98 Å². The minimum absolute atomic E-state index is 0.199. The summed E-state index contributed by atoms with van der Waals surface area (Å²) in [6, 6.07) is 11.3. The molecule has 0 amide bonds. The minimum Gasteiger partial charge on any atom is -0.469 e. The average molecular weight is 422 g/mol. The number of ether oxygens (including phenoxy) is 1. The number of hydrogen-bond donors (Lipinski definition) is 1. The number of nitrogens with two attached hydrogens (primary N) is 1. The molecule has 2 atom stereocenters. The van der Waals surface area contributed by atoms with E-state index in [9.17, 15) is 13.2 Å². The molecule has 1 saturated heterocycles. The molecule has 0 radical (unpaired) electrons. The highest BCUT2D eigenvalue weighted by Gasteiger charge is 2.33. The van der Waals surface area contributed by atoms with Crippen LogP contribution in [0.5, 0.6) is 5.88 Å². The van der Waals surface area contributed by atoms with Gasteiger partial charge in [-0.15, -0.1) is 0 Å². The molecule has 7 heteroatoms. The van der Waals surface area contributed by atoms with Crippen LogP contribution < -0.4 is 10.5 Å². The van der Waals surface area contributed by atoms with Crippen LogP contribution in [0.2, 0.25) is 0 Å². The van der Waals surface area contributed by atoms with Gasteiger partial charge in [0.1, 0.15) is 6.10 Å². The van der Waals surface area contributed by atoms with Gasteiger partial charge in [0, 0.05) is 23.7 Å². The van der Waals surface area contributed by atoms with Crippen LogP contribution >= 0.6 is 0 Å². The predicted octanol–water partition coefficient (Wildman–Crippen LogP) is 4.98. The van der Waals surface area contributed by atoms with Crippen LogP contribution in [0.15, 0.2) is 42.5 Å². The van der Waals surface area contributed by atoms with Gasteiger partial charge >= 0.3 is 6.18 Å². The molecule has 0 spiro atoms. The molecule has 4 nitrogen and oxygen atoms in total. The largest absolute Gasteiger partial charge is 0.469 e. The van der Waals surface area contributed by atoms with E-state index in [0.717, 1.165) is 55.7 Å². The maximum Gasteiger partial charge on any atom is 0.416 e. The fourth-order valence-corrected chi connectivity index (χ4v) is 4.10. The van der Waals surface area contributed by atoms with Crippen molar-refractivity contribution in [2.75, 3.05) is 19.6 Å². The molecule has 30 heavy (non-hydrogen) atoms. The molecule has 1 aliphatic heterocycles. The Morgan fingerprint density at radius 1 is 1.13 bits per heavy atom. The van der Waals surface area contributed by atoms with Crippen LogP contribution in [-0.4, -0.2) is 35.6 Å². The minimum atomic E-state index is -4.35. The topological polar surface area (TPSA) is 51.4 Å². The third kappa shape index (κ3) is 5.73. The molecule has 0 saturated carbocycles. The first kappa shape index (κ1) is 22.6. The van der Waals surface area contributed by atoms with Crippen LogP contribution in [-0.2, 0) is 6.18 Å². The number of benzene rings is 1. The zero-order valence-corrected chi connectivity index (χ0v) is 17.5. The van der Waals surface area contributed by atoms with Gasteiger partial charge in [-0.3, -0.25) is 0 Å². The number of piperidine rings is 1. The second-order valence-electron chi connectivity index (χ2n) is 8.08. The molecule has 2 heterocycles. The van der Waals surface area contributed by atoms with Gasteiger partial charge in [0.25, 0.3) is 0 Å². The summed E-state index contributed by atoms with van der Waals surface area (Å²) in [5.41, 5.74) is 6.63. The van der Waals surface area contributed by atoms with Crippen molar-refractivity contribution >= 4 is 0 Å². The molecule has 1 aliphatic rings. The molecule has 0 aliphatic carbocycles. The Labute approximate surface area is 176 Å². The monoisotopic (exact) mass is 421 g/mol. The van der Waals surface area contributed by atoms with Gasteiger partial charge in [0.05, 0.1) is 5.56 Å². The van der Waals surface area contributed by atoms with Crippen molar-refractivity contribution in [1.29, 1.82) is 0 Å². The third-order valence-corrected chi connectivity index (χ3v) is 5.89. The van der Waals surface area contributed by atoms with Crippen LogP contribution in [0.25, 0.3) is 0 Å². The molecule has 2 N–H and O–H groups in total. The van der Waals surface area contributed by atoms with Crippen molar-refractivity contribution in [3.05, 3.63) is 59.3 Å². The van der Waals surface area contributed by atoms with E-state index >= 15 is 0 Å². The number of nitrogens with zero attached hydrogens (tertiary/aromatic N) is 2. The van der Waals surface area contributed by atoms with E-state index in [1.807, 2.05) is 19.1 Å². The fraction of sp³-hybridized carbons (Fsp3) is 0.522. The smallest absolute Gasteiger partial charge is 0.416 e. The van der Waals surface area contributed by atoms with Crippen LogP contribution in [0.3, 0.4) is 0 Å². The normalized spacial score (nSPS) is 18.2. The lowest BCUT2D eigenvalue weighted by atomic mass is 9.86. The van der Waals surface area contributed by atoms with Crippen molar-refractivity contribution < 1.29 is 17.9 Å². The standard InChI is InChI=1S/C23H30F3N3O/c1-16-4-3-5-21(28-16)30-22(18-6-8-20(9-7-18)23(24,25)26)19-11-14-29(15-12-19)17(2)10-13-27/h3-9,17,19,22H,10-15,27H2,1-2H3. The first-order valence-corrected chi connectivity index (χ1v) is 10.5. The van der Waals surface area contributed by atoms with E-state index < -0.39 is 11.7 Å². The number of pyridine rings is 1. The van der Waals surface area contributed by atoms with Gasteiger partial charge in [0.15, 0.2) is 0 Å². The Bertz CT molecular complexity index is 802. The third-order valence-electron chi connectivity index (χ3n) is 5.89. The summed E-state index contributed by atoms with van der Waals surface area (Å²) >= 11 is 0. The van der Waals surface area contributed by atoms with Crippen molar-refractivity contribution in [2.24, 2.45) is 11.7 Å². The Hall–Kier alpha value is -2.12. The summed E-state index contributed by atoms with van der Waals surface area (Å²) in [4.78, 5) is 6.86. The Morgan fingerprint density at radius 2 is 1.80 bits per heavy atom. The van der Waals surface area contributed by atoms with Gasteiger partial charge < -0.3 is 15.4 Å². The summed E-state index contributed by atoms with van der Waals surface area (Å²) in [6.07, 6.45) is -1.92. The van der Waals surface area contributed by atoms with Gasteiger partial charge in [-0.05, 0) is 76.5 Å². The zero-order valence-electron chi connectivity index (χ0n) is 17.5. The number of alkyl halides is 3. The highest BCUT2D eigenvalue weighted by atomic mass is 19.4. The van der Waals surface area contributed by atoms with E-state index in [-0.39, 0.29) is 12.0 Å². The van der Waals surface area contributed by atoms with E-state index in [2.05, 4.69) is 16.8 Å². The average Bonchev–Trinajstić information content (AvgIpc) is 2.72. The van der Waals surface area contributed by atoms with E-state index in [4.69, 9.17) is 10.5 Å². The second kappa shape index (κ2) is 9.79. The summed E-state index contributed by atoms with van der Waals surface area (Å²) in [5.74, 6) is 0.698. The first-order chi connectivity index (χ1) is 14.3. The first-order valence-electron chi connectivity index (χ1n) is 10.5. The van der Waals surface area contributed by atoms with Gasteiger partial charge in [0.2, 0.25) is 5.88 Å². The zero-order chi connectivity index (χ0) is 21.7. The molecule has 2 aromatic rings. The predicted molar refractivity (Wildman–Crippen MR) is 111 cm³/mol. The number of aromatic nitrogens is 1. The van der Waals surface area contributed by atoms with Crippen LogP contribution in [0.4, 0.5) is 13.2 Å². The molecule has 1 fully saturated rings. The fourth-order valence-electron chi connectivity index (χ4n) is 4.10. The molecule has 164 valence electrons. The molecule has 2 unspecified atom stereocenters.